The molecular formula is C14H18FN3O. The maximum Gasteiger partial charge on any atom is 0.233 e. The lowest BCUT2D eigenvalue weighted by Crippen LogP contribution is -2.16. The molecule has 0 spiro atoms. The normalized spacial score (nSPS) is 12.9. The summed E-state index contributed by atoms with van der Waals surface area (Å²) in [6.45, 7) is 4.01. The summed E-state index contributed by atoms with van der Waals surface area (Å²) >= 11 is 0. The number of halogens is 1. The van der Waals surface area contributed by atoms with E-state index in [1.165, 1.54) is 12.1 Å². The number of hydrogen-bond acceptors (Lipinski definition) is 4. The molecule has 0 radical (unpaired) electrons. The van der Waals surface area contributed by atoms with Crippen LogP contribution < -0.4 is 5.73 Å². The maximum absolute atomic E-state index is 12.8. The number of rotatable bonds is 5. The lowest BCUT2D eigenvalue weighted by atomic mass is 10.1. The van der Waals surface area contributed by atoms with Crippen molar-refractivity contribution >= 4 is 0 Å². The highest BCUT2D eigenvalue weighted by Gasteiger charge is 2.17. The van der Waals surface area contributed by atoms with Crippen molar-refractivity contribution in [2.45, 2.75) is 32.7 Å². The second kappa shape index (κ2) is 5.93. The van der Waals surface area contributed by atoms with Crippen LogP contribution >= 0.6 is 0 Å². The predicted octanol–water partition coefficient (Wildman–Crippen LogP) is 2.65. The maximum atomic E-state index is 12.8. The number of aromatic nitrogens is 2. The first-order chi connectivity index (χ1) is 9.06. The second-order valence-electron chi connectivity index (χ2n) is 4.93. The van der Waals surface area contributed by atoms with Gasteiger partial charge in [0.15, 0.2) is 0 Å². The van der Waals surface area contributed by atoms with Crippen molar-refractivity contribution in [1.29, 1.82) is 0 Å². The Hall–Kier alpha value is -1.75. The van der Waals surface area contributed by atoms with Crippen LogP contribution in [-0.4, -0.2) is 10.2 Å². The van der Waals surface area contributed by atoms with Gasteiger partial charge in [0.1, 0.15) is 5.82 Å². The van der Waals surface area contributed by atoms with Gasteiger partial charge in [-0.2, -0.15) is 0 Å². The molecule has 0 fully saturated rings. The van der Waals surface area contributed by atoms with E-state index in [-0.39, 0.29) is 17.8 Å². The average Bonchev–Trinajstić information content (AvgIpc) is 2.86. The van der Waals surface area contributed by atoms with E-state index in [0.717, 1.165) is 12.0 Å². The number of hydrogen-bond donors (Lipinski definition) is 1. The van der Waals surface area contributed by atoms with E-state index in [0.29, 0.717) is 18.2 Å². The molecule has 0 saturated heterocycles. The van der Waals surface area contributed by atoms with Crippen LogP contribution in [0.1, 0.15) is 37.2 Å². The van der Waals surface area contributed by atoms with Crippen molar-refractivity contribution in [2.24, 2.45) is 11.7 Å². The van der Waals surface area contributed by atoms with Crippen molar-refractivity contribution in [2.75, 3.05) is 0 Å². The fourth-order valence-electron chi connectivity index (χ4n) is 1.69. The molecule has 2 N–H and O–H groups in total. The monoisotopic (exact) mass is 263 g/mol. The fourth-order valence-corrected chi connectivity index (χ4v) is 1.69. The van der Waals surface area contributed by atoms with Crippen LogP contribution in [0.2, 0.25) is 0 Å². The van der Waals surface area contributed by atoms with Gasteiger partial charge in [0.2, 0.25) is 11.8 Å². The molecule has 2 aromatic rings. The van der Waals surface area contributed by atoms with Crippen molar-refractivity contribution in [1.82, 2.24) is 10.2 Å². The van der Waals surface area contributed by atoms with Crippen molar-refractivity contribution in [3.63, 3.8) is 0 Å². The lowest BCUT2D eigenvalue weighted by Gasteiger charge is -2.09. The molecular weight excluding hydrogens is 245 g/mol. The zero-order valence-corrected chi connectivity index (χ0v) is 11.1. The Morgan fingerprint density at radius 3 is 2.47 bits per heavy atom. The molecule has 0 bridgehead atoms. The van der Waals surface area contributed by atoms with Gasteiger partial charge in [0.25, 0.3) is 0 Å². The molecule has 0 saturated carbocycles. The summed E-state index contributed by atoms with van der Waals surface area (Å²) in [5.74, 6) is 1.07. The van der Waals surface area contributed by atoms with Crippen LogP contribution in [0.3, 0.4) is 0 Å². The molecule has 0 amide bonds. The predicted molar refractivity (Wildman–Crippen MR) is 69.9 cm³/mol. The molecule has 1 atom stereocenters. The summed E-state index contributed by atoms with van der Waals surface area (Å²) < 4.78 is 18.3. The Balaban J connectivity index is 1.95. The van der Waals surface area contributed by atoms with Gasteiger partial charge >= 0.3 is 0 Å². The molecule has 0 aliphatic carbocycles. The van der Waals surface area contributed by atoms with Gasteiger partial charge in [0, 0.05) is 6.42 Å². The number of nitrogens with two attached hydrogens (primary N) is 1. The molecule has 1 unspecified atom stereocenters. The van der Waals surface area contributed by atoms with Crippen LogP contribution in [-0.2, 0) is 12.8 Å². The average molecular weight is 263 g/mol. The molecule has 1 aromatic heterocycles. The third-order valence-corrected chi connectivity index (χ3v) is 3.03. The largest absolute Gasteiger partial charge is 0.424 e. The van der Waals surface area contributed by atoms with Gasteiger partial charge < -0.3 is 10.2 Å². The minimum atomic E-state index is -0.230. The molecule has 19 heavy (non-hydrogen) atoms. The van der Waals surface area contributed by atoms with E-state index in [9.17, 15) is 4.39 Å². The molecule has 2 rings (SSSR count). The Morgan fingerprint density at radius 2 is 1.84 bits per heavy atom. The smallest absolute Gasteiger partial charge is 0.233 e. The van der Waals surface area contributed by atoms with Crippen molar-refractivity contribution in [3.05, 3.63) is 47.4 Å². The van der Waals surface area contributed by atoms with Gasteiger partial charge in [-0.05, 0) is 30.0 Å². The molecule has 0 aliphatic rings. The SMILES string of the molecule is CC(C)C(N)c1nnc(CCc2ccc(F)cc2)o1. The van der Waals surface area contributed by atoms with E-state index in [4.69, 9.17) is 10.2 Å². The Labute approximate surface area is 111 Å². The molecule has 1 aromatic carbocycles. The summed E-state index contributed by atoms with van der Waals surface area (Å²) in [6.07, 6.45) is 1.36. The third kappa shape index (κ3) is 3.61. The van der Waals surface area contributed by atoms with Gasteiger partial charge in [-0.3, -0.25) is 0 Å². The summed E-state index contributed by atoms with van der Waals surface area (Å²) in [5.41, 5.74) is 6.97. The highest BCUT2D eigenvalue weighted by atomic mass is 19.1. The topological polar surface area (TPSA) is 64.9 Å². The molecule has 1 heterocycles. The van der Waals surface area contributed by atoms with Gasteiger partial charge in [-0.15, -0.1) is 10.2 Å². The van der Waals surface area contributed by atoms with Crippen LogP contribution in [0, 0.1) is 11.7 Å². The molecule has 4 nitrogen and oxygen atoms in total. The summed E-state index contributed by atoms with van der Waals surface area (Å²) in [7, 11) is 0. The fraction of sp³-hybridized carbons (Fsp3) is 0.429. The van der Waals surface area contributed by atoms with Crippen molar-refractivity contribution < 1.29 is 8.81 Å². The standard InChI is InChI=1S/C14H18FN3O/c1-9(2)13(16)14-18-17-12(19-14)8-5-10-3-6-11(15)7-4-10/h3-4,6-7,9,13H,5,8,16H2,1-2H3. The molecule has 5 heteroatoms. The zero-order valence-electron chi connectivity index (χ0n) is 11.1. The number of aryl methyl sites for hydroxylation is 2. The number of nitrogens with zero attached hydrogens (tertiary/aromatic N) is 2. The van der Waals surface area contributed by atoms with Gasteiger partial charge in [-0.1, -0.05) is 26.0 Å². The first-order valence-electron chi connectivity index (χ1n) is 6.38. The second-order valence-corrected chi connectivity index (χ2v) is 4.93. The first-order valence-corrected chi connectivity index (χ1v) is 6.38. The van der Waals surface area contributed by atoms with Crippen LogP contribution in [0.5, 0.6) is 0 Å². The Morgan fingerprint density at radius 1 is 1.16 bits per heavy atom. The number of benzene rings is 1. The minimum absolute atomic E-state index is 0.230. The highest BCUT2D eigenvalue weighted by Crippen LogP contribution is 2.17. The minimum Gasteiger partial charge on any atom is -0.424 e. The zero-order chi connectivity index (χ0) is 13.8. The van der Waals surface area contributed by atoms with Gasteiger partial charge in [0.05, 0.1) is 6.04 Å². The summed E-state index contributed by atoms with van der Waals surface area (Å²) in [4.78, 5) is 0. The third-order valence-electron chi connectivity index (χ3n) is 3.03. The highest BCUT2D eigenvalue weighted by molar-refractivity contribution is 5.16. The Kier molecular flexibility index (Phi) is 4.27. The van der Waals surface area contributed by atoms with Crippen molar-refractivity contribution in [3.8, 4) is 0 Å². The van der Waals surface area contributed by atoms with Crippen LogP contribution in [0.15, 0.2) is 28.7 Å². The van der Waals surface area contributed by atoms with E-state index in [2.05, 4.69) is 10.2 Å². The van der Waals surface area contributed by atoms with E-state index in [1.54, 1.807) is 12.1 Å². The van der Waals surface area contributed by atoms with Gasteiger partial charge in [-0.25, -0.2) is 4.39 Å². The summed E-state index contributed by atoms with van der Waals surface area (Å²) in [5, 5.41) is 7.94. The molecule has 102 valence electrons. The van der Waals surface area contributed by atoms with E-state index < -0.39 is 0 Å². The lowest BCUT2D eigenvalue weighted by molar-refractivity contribution is 0.370. The first kappa shape index (κ1) is 13.7. The quantitative estimate of drug-likeness (QED) is 0.900. The molecule has 0 aliphatic heterocycles. The van der Waals surface area contributed by atoms with Crippen LogP contribution in [0.25, 0.3) is 0 Å². The summed E-state index contributed by atoms with van der Waals surface area (Å²) in [6, 6.07) is 6.18. The Bertz CT molecular complexity index is 522. The van der Waals surface area contributed by atoms with Crippen LogP contribution in [0.4, 0.5) is 4.39 Å². The van der Waals surface area contributed by atoms with E-state index in [1.807, 2.05) is 13.8 Å². The van der Waals surface area contributed by atoms with E-state index >= 15 is 0 Å².